The number of rotatable bonds is 3. The minimum atomic E-state index is -0.155. The Morgan fingerprint density at radius 2 is 2.00 bits per heavy atom. The van der Waals surface area contributed by atoms with E-state index in [1.807, 2.05) is 6.07 Å². The Morgan fingerprint density at radius 3 is 2.47 bits per heavy atom. The highest BCUT2D eigenvalue weighted by molar-refractivity contribution is 9.10. The largest absolute Gasteiger partial charge is 0.397 e. The van der Waals surface area contributed by atoms with E-state index in [0.29, 0.717) is 11.8 Å². The summed E-state index contributed by atoms with van der Waals surface area (Å²) in [5, 5.41) is 7.57. The third-order valence-corrected chi connectivity index (χ3v) is 2.13. The van der Waals surface area contributed by atoms with Crippen molar-refractivity contribution in [1.29, 1.82) is 0 Å². The molecule has 0 aliphatic heterocycles. The number of aldehydes is 1. The van der Waals surface area contributed by atoms with Crippen molar-refractivity contribution in [3.63, 3.8) is 0 Å². The highest BCUT2D eigenvalue weighted by Gasteiger charge is 2.07. The van der Waals surface area contributed by atoms with Gasteiger partial charge in [-0.3, -0.25) is 4.79 Å². The van der Waals surface area contributed by atoms with Gasteiger partial charge in [-0.2, -0.15) is 0 Å². The Balaban J connectivity index is 0.000000583. The number of hydrogen-bond donors (Lipinski definition) is 1. The molecule has 3 nitrogen and oxygen atoms in total. The lowest BCUT2D eigenvalue weighted by atomic mass is 10.1. The molecule has 1 N–H and O–H groups in total. The predicted octanol–water partition coefficient (Wildman–Crippen LogP) is 2.22. The Hall–Kier alpha value is -1.000. The molecule has 1 aromatic carbocycles. The molecule has 0 saturated carbocycles. The van der Waals surface area contributed by atoms with E-state index in [9.17, 15) is 9.59 Å². The molecule has 15 heavy (non-hydrogen) atoms. The Bertz CT molecular complexity index is 323. The van der Waals surface area contributed by atoms with E-state index in [-0.39, 0.29) is 18.8 Å². The van der Waals surface area contributed by atoms with E-state index in [2.05, 4.69) is 15.9 Å². The van der Waals surface area contributed by atoms with Gasteiger partial charge in [0.25, 0.3) is 0 Å². The molecule has 0 unspecified atom stereocenters. The molecule has 1 aromatic rings. The fourth-order valence-electron chi connectivity index (χ4n) is 0.873. The van der Waals surface area contributed by atoms with Crippen LogP contribution in [0.4, 0.5) is 0 Å². The quantitative estimate of drug-likeness (QED) is 0.522. The van der Waals surface area contributed by atoms with Gasteiger partial charge in [-0.25, -0.2) is 0 Å². The van der Waals surface area contributed by atoms with Crippen LogP contribution in [0.15, 0.2) is 28.7 Å². The van der Waals surface area contributed by atoms with Crippen LogP contribution in [-0.2, 0) is 4.79 Å². The summed E-state index contributed by atoms with van der Waals surface area (Å²) >= 11 is 3.23. The summed E-state index contributed by atoms with van der Waals surface area (Å²) in [4.78, 5) is 21.3. The molecule has 0 saturated heterocycles. The molecule has 1 rings (SSSR count). The highest BCUT2D eigenvalue weighted by Crippen LogP contribution is 2.16. The van der Waals surface area contributed by atoms with Gasteiger partial charge >= 0.3 is 0 Å². The van der Waals surface area contributed by atoms with Crippen LogP contribution >= 0.6 is 15.9 Å². The number of aliphatic hydroxyl groups is 1. The lowest BCUT2D eigenvalue weighted by Gasteiger charge is -1.98. The molecule has 0 aliphatic carbocycles. The molecule has 0 heterocycles. The standard InChI is InChI=1S/C9H7BrO2.C2H6O/c10-8-4-2-1-3-7(8)9(12)5-6-11;1-2-3/h1-4,6H,5H2;3H,2H2,1H3. The van der Waals surface area contributed by atoms with Crippen LogP contribution in [0, 0.1) is 0 Å². The lowest BCUT2D eigenvalue weighted by Crippen LogP contribution is -1.99. The number of carbonyl (C=O) groups is 2. The van der Waals surface area contributed by atoms with Crippen molar-refractivity contribution >= 4 is 28.0 Å². The molecule has 0 aliphatic rings. The topological polar surface area (TPSA) is 54.4 Å². The Labute approximate surface area is 97.2 Å². The number of carbonyl (C=O) groups excluding carboxylic acids is 2. The molecule has 0 bridgehead atoms. The van der Waals surface area contributed by atoms with Crippen LogP contribution in [-0.4, -0.2) is 23.8 Å². The summed E-state index contributed by atoms with van der Waals surface area (Å²) in [6.07, 6.45) is 0.560. The zero-order chi connectivity index (χ0) is 11.7. The van der Waals surface area contributed by atoms with Crippen molar-refractivity contribution < 1.29 is 14.7 Å². The van der Waals surface area contributed by atoms with Gasteiger partial charge in [0, 0.05) is 16.6 Å². The predicted molar refractivity (Wildman–Crippen MR) is 61.9 cm³/mol. The SMILES string of the molecule is CCO.O=CCC(=O)c1ccccc1Br. The van der Waals surface area contributed by atoms with E-state index in [4.69, 9.17) is 5.11 Å². The normalized spacial score (nSPS) is 8.73. The average Bonchev–Trinajstić information content (AvgIpc) is 2.20. The van der Waals surface area contributed by atoms with Gasteiger partial charge in [0.2, 0.25) is 0 Å². The van der Waals surface area contributed by atoms with Crippen LogP contribution in [0.25, 0.3) is 0 Å². The smallest absolute Gasteiger partial charge is 0.171 e. The molecule has 0 amide bonds. The Morgan fingerprint density at radius 1 is 1.47 bits per heavy atom. The number of halogens is 1. The molecular weight excluding hydrogens is 260 g/mol. The molecular formula is C11H13BrO3. The van der Waals surface area contributed by atoms with Gasteiger partial charge in [-0.05, 0) is 13.0 Å². The third-order valence-electron chi connectivity index (χ3n) is 1.44. The second-order valence-corrected chi connectivity index (χ2v) is 3.44. The van der Waals surface area contributed by atoms with Crippen LogP contribution in [0.2, 0.25) is 0 Å². The summed E-state index contributed by atoms with van der Waals surface area (Å²) in [5.41, 5.74) is 0.560. The third kappa shape index (κ3) is 5.44. The van der Waals surface area contributed by atoms with Gasteiger partial charge in [-0.15, -0.1) is 0 Å². The van der Waals surface area contributed by atoms with Crippen molar-refractivity contribution in [2.75, 3.05) is 6.61 Å². The van der Waals surface area contributed by atoms with Crippen LogP contribution in [0.3, 0.4) is 0 Å². The maximum atomic E-state index is 11.2. The van der Waals surface area contributed by atoms with E-state index in [0.717, 1.165) is 4.47 Å². The summed E-state index contributed by atoms with van der Waals surface area (Å²) < 4.78 is 0.733. The van der Waals surface area contributed by atoms with E-state index >= 15 is 0 Å². The Kier molecular flexibility index (Phi) is 7.77. The van der Waals surface area contributed by atoms with Gasteiger partial charge in [0.15, 0.2) is 5.78 Å². The summed E-state index contributed by atoms with van der Waals surface area (Å²) in [6.45, 7) is 1.93. The average molecular weight is 273 g/mol. The zero-order valence-corrected chi connectivity index (χ0v) is 10.0. The molecule has 0 spiro atoms. The van der Waals surface area contributed by atoms with E-state index in [1.165, 1.54) is 0 Å². The van der Waals surface area contributed by atoms with Crippen LogP contribution in [0.5, 0.6) is 0 Å². The summed E-state index contributed by atoms with van der Waals surface area (Å²) in [7, 11) is 0. The molecule has 0 fully saturated rings. The fourth-order valence-corrected chi connectivity index (χ4v) is 1.38. The molecule has 0 atom stereocenters. The van der Waals surface area contributed by atoms with Crippen LogP contribution < -0.4 is 0 Å². The van der Waals surface area contributed by atoms with Crippen molar-refractivity contribution in [3.05, 3.63) is 34.3 Å². The number of hydrogen-bond acceptors (Lipinski definition) is 3. The van der Waals surface area contributed by atoms with Crippen molar-refractivity contribution in [3.8, 4) is 0 Å². The summed E-state index contributed by atoms with van der Waals surface area (Å²) in [5.74, 6) is -0.155. The van der Waals surface area contributed by atoms with Gasteiger partial charge in [0.05, 0.1) is 6.42 Å². The second-order valence-electron chi connectivity index (χ2n) is 2.59. The second kappa shape index (κ2) is 8.32. The van der Waals surface area contributed by atoms with Gasteiger partial charge < -0.3 is 9.90 Å². The monoisotopic (exact) mass is 272 g/mol. The minimum absolute atomic E-state index is 0.0530. The zero-order valence-electron chi connectivity index (χ0n) is 8.44. The number of benzene rings is 1. The first kappa shape index (κ1) is 14.0. The first-order valence-corrected chi connectivity index (χ1v) is 5.28. The lowest BCUT2D eigenvalue weighted by molar-refractivity contribution is -0.107. The minimum Gasteiger partial charge on any atom is -0.397 e. The molecule has 0 radical (unpaired) electrons. The maximum Gasteiger partial charge on any atom is 0.171 e. The summed E-state index contributed by atoms with van der Waals surface area (Å²) in [6, 6.07) is 7.05. The molecule has 82 valence electrons. The van der Waals surface area contributed by atoms with E-state index in [1.54, 1.807) is 25.1 Å². The number of Topliss-reactive ketones (excluding diaryl/α,β-unsaturated/α-hetero) is 1. The first-order chi connectivity index (χ1) is 7.17. The number of aliphatic hydroxyl groups excluding tert-OH is 1. The van der Waals surface area contributed by atoms with Crippen molar-refractivity contribution in [1.82, 2.24) is 0 Å². The number of ketones is 1. The maximum absolute atomic E-state index is 11.2. The van der Waals surface area contributed by atoms with Crippen molar-refractivity contribution in [2.24, 2.45) is 0 Å². The molecule has 0 aromatic heterocycles. The van der Waals surface area contributed by atoms with Crippen LogP contribution in [0.1, 0.15) is 23.7 Å². The highest BCUT2D eigenvalue weighted by atomic mass is 79.9. The molecule has 4 heteroatoms. The van der Waals surface area contributed by atoms with Crippen molar-refractivity contribution in [2.45, 2.75) is 13.3 Å². The van der Waals surface area contributed by atoms with E-state index < -0.39 is 0 Å². The van der Waals surface area contributed by atoms with Gasteiger partial charge in [-0.1, -0.05) is 34.1 Å². The fraction of sp³-hybridized carbons (Fsp3) is 0.273. The van der Waals surface area contributed by atoms with Gasteiger partial charge in [0.1, 0.15) is 6.29 Å². The first-order valence-electron chi connectivity index (χ1n) is 4.49.